The van der Waals surface area contributed by atoms with Gasteiger partial charge in [-0.2, -0.15) is 0 Å². The number of nitrogens with zero attached hydrogens (tertiary/aromatic N) is 4. The largest absolute Gasteiger partial charge is 0.508 e. The van der Waals surface area contributed by atoms with Gasteiger partial charge in [-0.25, -0.2) is 18.4 Å². The molecule has 1 aromatic heterocycles. The molecule has 0 aliphatic carbocycles. The van der Waals surface area contributed by atoms with Gasteiger partial charge in [0.05, 0.1) is 10.4 Å². The third-order valence-corrected chi connectivity index (χ3v) is 6.11. The Morgan fingerprint density at radius 1 is 1.04 bits per heavy atom. The predicted octanol–water partition coefficient (Wildman–Crippen LogP) is 2.06. The summed E-state index contributed by atoms with van der Waals surface area (Å²) >= 11 is 0. The van der Waals surface area contributed by atoms with E-state index in [2.05, 4.69) is 19.8 Å². The van der Waals surface area contributed by atoms with Crippen molar-refractivity contribution in [3.63, 3.8) is 0 Å². The Morgan fingerprint density at radius 3 is 2.54 bits per heavy atom. The first-order valence-electron chi connectivity index (χ1n) is 9.10. The average molecular weight is 398 g/mol. The molecule has 8 heteroatoms. The highest BCUT2D eigenvalue weighted by Crippen LogP contribution is 2.27. The molecule has 0 spiro atoms. The van der Waals surface area contributed by atoms with Gasteiger partial charge in [0, 0.05) is 44.4 Å². The lowest BCUT2D eigenvalue weighted by Crippen LogP contribution is -2.46. The first-order chi connectivity index (χ1) is 13.4. The topological polar surface area (TPSA) is 86.6 Å². The van der Waals surface area contributed by atoms with Crippen LogP contribution in [0.25, 0.3) is 10.9 Å². The molecule has 3 aromatic rings. The van der Waals surface area contributed by atoms with Crippen LogP contribution < -0.4 is 4.90 Å². The fourth-order valence-electron chi connectivity index (χ4n) is 3.54. The molecule has 1 aliphatic rings. The summed E-state index contributed by atoms with van der Waals surface area (Å²) in [4.78, 5) is 13.5. The van der Waals surface area contributed by atoms with E-state index in [9.17, 15) is 13.5 Å². The first kappa shape index (κ1) is 18.6. The lowest BCUT2D eigenvalue weighted by Gasteiger charge is -2.35. The van der Waals surface area contributed by atoms with Crippen molar-refractivity contribution in [2.45, 2.75) is 11.4 Å². The summed E-state index contributed by atoms with van der Waals surface area (Å²) in [6, 6.07) is 12.3. The van der Waals surface area contributed by atoms with Gasteiger partial charge in [-0.1, -0.05) is 12.1 Å². The monoisotopic (exact) mass is 398 g/mol. The first-order valence-corrected chi connectivity index (χ1v) is 11.0. The molecule has 2 heterocycles. The summed E-state index contributed by atoms with van der Waals surface area (Å²) in [5.74, 6) is 1.05. The van der Waals surface area contributed by atoms with Crippen LogP contribution in [0.3, 0.4) is 0 Å². The van der Waals surface area contributed by atoms with Gasteiger partial charge in [0.1, 0.15) is 17.9 Å². The molecular formula is C20H22N4O3S. The zero-order valence-corrected chi connectivity index (χ0v) is 16.4. The number of phenols is 1. The summed E-state index contributed by atoms with van der Waals surface area (Å²) in [6.07, 6.45) is 2.73. The Labute approximate surface area is 164 Å². The molecule has 4 rings (SSSR count). The molecule has 0 saturated carbocycles. The van der Waals surface area contributed by atoms with E-state index in [-0.39, 0.29) is 10.6 Å². The lowest BCUT2D eigenvalue weighted by atomic mass is 10.1. The number of hydrogen-bond donors (Lipinski definition) is 1. The van der Waals surface area contributed by atoms with Crippen molar-refractivity contribution in [3.05, 3.63) is 54.4 Å². The van der Waals surface area contributed by atoms with Crippen LogP contribution in [-0.4, -0.2) is 60.8 Å². The second-order valence-electron chi connectivity index (χ2n) is 7.08. The molecule has 1 N–H and O–H groups in total. The standard InChI is InChI=1S/C20H22N4O3S/c1-28(26,27)17-5-6-19-18(12-17)20(22-14-21-19)24-9-7-23(8-10-24)13-15-3-2-4-16(25)11-15/h2-6,11-12,14,25H,7-10,13H2,1H3. The second kappa shape index (κ2) is 7.37. The zero-order chi connectivity index (χ0) is 19.7. The van der Waals surface area contributed by atoms with Crippen molar-refractivity contribution >= 4 is 26.6 Å². The van der Waals surface area contributed by atoms with Crippen LogP contribution >= 0.6 is 0 Å². The molecule has 2 aromatic carbocycles. The molecule has 0 atom stereocenters. The smallest absolute Gasteiger partial charge is 0.175 e. The highest BCUT2D eigenvalue weighted by atomic mass is 32.2. The van der Waals surface area contributed by atoms with Gasteiger partial charge < -0.3 is 10.0 Å². The number of aromatic hydroxyl groups is 1. The Hall–Kier alpha value is -2.71. The van der Waals surface area contributed by atoms with Crippen molar-refractivity contribution in [2.24, 2.45) is 0 Å². The summed E-state index contributed by atoms with van der Waals surface area (Å²) < 4.78 is 23.9. The molecule has 1 aliphatic heterocycles. The maximum Gasteiger partial charge on any atom is 0.175 e. The highest BCUT2D eigenvalue weighted by Gasteiger charge is 2.21. The SMILES string of the molecule is CS(=O)(=O)c1ccc2ncnc(N3CCN(Cc4cccc(O)c4)CC3)c2c1. The second-order valence-corrected chi connectivity index (χ2v) is 9.10. The van der Waals surface area contributed by atoms with E-state index in [0.29, 0.717) is 0 Å². The molecule has 146 valence electrons. The van der Waals surface area contributed by atoms with Crippen molar-refractivity contribution in [2.75, 3.05) is 37.3 Å². The minimum atomic E-state index is -3.29. The van der Waals surface area contributed by atoms with E-state index in [1.54, 1.807) is 30.3 Å². The molecule has 0 bridgehead atoms. The van der Waals surface area contributed by atoms with Gasteiger partial charge in [0.2, 0.25) is 0 Å². The minimum absolute atomic E-state index is 0.276. The van der Waals surface area contributed by atoms with Crippen LogP contribution in [0, 0.1) is 0 Å². The van der Waals surface area contributed by atoms with Crippen LogP contribution in [0.15, 0.2) is 53.7 Å². The Balaban J connectivity index is 1.53. The van der Waals surface area contributed by atoms with Crippen LogP contribution in [-0.2, 0) is 16.4 Å². The van der Waals surface area contributed by atoms with Crippen molar-refractivity contribution in [1.29, 1.82) is 0 Å². The molecule has 0 amide bonds. The van der Waals surface area contributed by atoms with E-state index >= 15 is 0 Å². The van der Waals surface area contributed by atoms with Gasteiger partial charge >= 0.3 is 0 Å². The Bertz CT molecular complexity index is 1110. The summed E-state index contributed by atoms with van der Waals surface area (Å²) in [6.45, 7) is 4.06. The van der Waals surface area contributed by atoms with E-state index in [1.165, 1.54) is 12.6 Å². The minimum Gasteiger partial charge on any atom is -0.508 e. The van der Waals surface area contributed by atoms with E-state index in [1.807, 2.05) is 12.1 Å². The predicted molar refractivity (Wildman–Crippen MR) is 108 cm³/mol. The summed E-state index contributed by atoms with van der Waals surface area (Å²) in [5, 5.41) is 10.4. The maximum absolute atomic E-state index is 11.9. The van der Waals surface area contributed by atoms with Crippen LogP contribution in [0.1, 0.15) is 5.56 Å². The van der Waals surface area contributed by atoms with Crippen molar-refractivity contribution in [3.8, 4) is 5.75 Å². The molecular weight excluding hydrogens is 376 g/mol. The molecule has 0 unspecified atom stereocenters. The number of fused-ring (bicyclic) bond motifs is 1. The number of benzene rings is 2. The molecule has 7 nitrogen and oxygen atoms in total. The van der Waals surface area contributed by atoms with Gasteiger partial charge in [-0.3, -0.25) is 4.90 Å². The Kier molecular flexibility index (Phi) is 4.91. The number of piperazine rings is 1. The maximum atomic E-state index is 11.9. The number of aromatic nitrogens is 2. The van der Waals surface area contributed by atoms with Gasteiger partial charge in [-0.15, -0.1) is 0 Å². The van der Waals surface area contributed by atoms with Crippen molar-refractivity contribution in [1.82, 2.24) is 14.9 Å². The quantitative estimate of drug-likeness (QED) is 0.720. The highest BCUT2D eigenvalue weighted by molar-refractivity contribution is 7.90. The number of rotatable bonds is 4. The molecule has 28 heavy (non-hydrogen) atoms. The molecule has 1 fully saturated rings. The van der Waals surface area contributed by atoms with E-state index < -0.39 is 9.84 Å². The Morgan fingerprint density at radius 2 is 1.82 bits per heavy atom. The van der Waals surface area contributed by atoms with Crippen molar-refractivity contribution < 1.29 is 13.5 Å². The number of hydrogen-bond acceptors (Lipinski definition) is 7. The van der Waals surface area contributed by atoms with Gasteiger partial charge in [0.25, 0.3) is 0 Å². The fraction of sp³-hybridized carbons (Fsp3) is 0.300. The number of phenolic OH excluding ortho intramolecular Hbond substituents is 1. The van der Waals surface area contributed by atoms with Crippen LogP contribution in [0.5, 0.6) is 5.75 Å². The number of sulfone groups is 1. The van der Waals surface area contributed by atoms with Gasteiger partial charge in [0.15, 0.2) is 9.84 Å². The average Bonchev–Trinajstić information content (AvgIpc) is 2.67. The molecule has 1 saturated heterocycles. The third kappa shape index (κ3) is 3.93. The fourth-order valence-corrected chi connectivity index (χ4v) is 4.18. The third-order valence-electron chi connectivity index (χ3n) is 5.00. The van der Waals surface area contributed by atoms with E-state index in [4.69, 9.17) is 0 Å². The van der Waals surface area contributed by atoms with E-state index in [0.717, 1.165) is 55.0 Å². The summed E-state index contributed by atoms with van der Waals surface area (Å²) in [7, 11) is -3.29. The lowest BCUT2D eigenvalue weighted by molar-refractivity contribution is 0.249. The van der Waals surface area contributed by atoms with Crippen LogP contribution in [0.2, 0.25) is 0 Å². The summed E-state index contributed by atoms with van der Waals surface area (Å²) in [5.41, 5.74) is 1.82. The van der Waals surface area contributed by atoms with Gasteiger partial charge in [-0.05, 0) is 35.9 Å². The van der Waals surface area contributed by atoms with Crippen LogP contribution in [0.4, 0.5) is 5.82 Å². The zero-order valence-electron chi connectivity index (χ0n) is 15.6. The molecule has 0 radical (unpaired) electrons. The normalized spacial score (nSPS) is 15.8. The number of anilines is 1.